The van der Waals surface area contributed by atoms with Crippen molar-refractivity contribution < 1.29 is 35.4 Å². The molecule has 7 heteroatoms. The number of carbonyl (C=O) groups is 1. The fourth-order valence-electron chi connectivity index (χ4n) is 0.710. The minimum absolute atomic E-state index is 0.181. The van der Waals surface area contributed by atoms with Crippen molar-refractivity contribution in [1.82, 2.24) is 0 Å². The summed E-state index contributed by atoms with van der Waals surface area (Å²) in [7, 11) is 0. The summed E-state index contributed by atoms with van der Waals surface area (Å²) in [4.78, 5) is 10.4. The quantitative estimate of drug-likeness (QED) is 0.327. The lowest BCUT2D eigenvalue weighted by Gasteiger charge is -2.21. The van der Waals surface area contributed by atoms with Crippen molar-refractivity contribution in [2.75, 3.05) is 33.0 Å². The zero-order valence-corrected chi connectivity index (χ0v) is 10.8. The van der Waals surface area contributed by atoms with Crippen molar-refractivity contribution in [2.24, 2.45) is 10.8 Å². The van der Waals surface area contributed by atoms with Crippen LogP contribution in [-0.4, -0.2) is 69.6 Å². The normalized spacial score (nSPS) is 11.7. The third-order valence-electron chi connectivity index (χ3n) is 2.88. The number of carboxylic acid groups (broad SMARTS) is 1. The van der Waals surface area contributed by atoms with Crippen molar-refractivity contribution >= 4 is 5.97 Å². The average molecular weight is 268 g/mol. The molecule has 0 radical (unpaired) electrons. The first-order valence-electron chi connectivity index (χ1n) is 5.59. The van der Waals surface area contributed by atoms with Gasteiger partial charge in [-0.3, -0.25) is 4.79 Å². The summed E-state index contributed by atoms with van der Waals surface area (Å²) in [5.74, 6) is -1.15. The molecule has 0 saturated carbocycles. The van der Waals surface area contributed by atoms with Crippen LogP contribution in [0.1, 0.15) is 20.3 Å². The van der Waals surface area contributed by atoms with Gasteiger partial charge in [-0.25, -0.2) is 0 Å². The Morgan fingerprint density at radius 1 is 0.889 bits per heavy atom. The van der Waals surface area contributed by atoms with Crippen LogP contribution >= 0.6 is 0 Å². The molecular weight excluding hydrogens is 244 g/mol. The van der Waals surface area contributed by atoms with Crippen LogP contribution in [-0.2, 0) is 4.79 Å². The number of aliphatic hydroxyl groups is 5. The van der Waals surface area contributed by atoms with Gasteiger partial charge in [0.05, 0.1) is 33.0 Å². The van der Waals surface area contributed by atoms with E-state index in [1.54, 1.807) is 13.8 Å². The molecule has 0 fully saturated rings. The molecule has 0 spiro atoms. The number of aliphatic carboxylic acids is 1. The Balaban J connectivity index is 0. The second kappa shape index (κ2) is 9.23. The molecule has 0 rings (SSSR count). The van der Waals surface area contributed by atoms with Crippen LogP contribution in [0.25, 0.3) is 0 Å². The Morgan fingerprint density at radius 2 is 1.22 bits per heavy atom. The lowest BCUT2D eigenvalue weighted by molar-refractivity contribution is -0.154. The summed E-state index contributed by atoms with van der Waals surface area (Å²) in [6.45, 7) is 1.64. The highest BCUT2D eigenvalue weighted by atomic mass is 16.4. The van der Waals surface area contributed by atoms with Gasteiger partial charge in [-0.05, 0) is 6.42 Å². The third-order valence-corrected chi connectivity index (χ3v) is 2.88. The van der Waals surface area contributed by atoms with E-state index >= 15 is 0 Å². The Kier molecular flexibility index (Phi) is 10.1. The number of aliphatic hydroxyl groups excluding tert-OH is 5. The molecule has 0 saturated heterocycles. The molecule has 0 aliphatic rings. The molecular formula is C11H24O7. The van der Waals surface area contributed by atoms with Gasteiger partial charge in [0.15, 0.2) is 0 Å². The first kappa shape index (κ1) is 19.6. The number of hydrogen-bond donors (Lipinski definition) is 6. The molecule has 0 aromatic rings. The van der Waals surface area contributed by atoms with E-state index in [0.717, 1.165) is 0 Å². The first-order valence-corrected chi connectivity index (χ1v) is 5.59. The van der Waals surface area contributed by atoms with Crippen LogP contribution in [0.4, 0.5) is 0 Å². The Hall–Kier alpha value is -0.730. The third kappa shape index (κ3) is 5.74. The minimum atomic E-state index is -1.35. The minimum Gasteiger partial charge on any atom is -0.481 e. The van der Waals surface area contributed by atoms with Gasteiger partial charge in [0.2, 0.25) is 0 Å². The van der Waals surface area contributed by atoms with Gasteiger partial charge in [-0.1, -0.05) is 13.8 Å². The molecule has 0 aliphatic heterocycles. The van der Waals surface area contributed by atoms with Gasteiger partial charge in [-0.2, -0.15) is 0 Å². The Bertz CT molecular complexity index is 205. The monoisotopic (exact) mass is 268 g/mol. The van der Waals surface area contributed by atoms with Crippen molar-refractivity contribution in [1.29, 1.82) is 0 Å². The molecule has 0 heterocycles. The molecule has 18 heavy (non-hydrogen) atoms. The molecule has 7 nitrogen and oxygen atoms in total. The van der Waals surface area contributed by atoms with Gasteiger partial charge in [0.25, 0.3) is 0 Å². The van der Waals surface area contributed by atoms with Crippen LogP contribution in [0.15, 0.2) is 0 Å². The maximum Gasteiger partial charge on any atom is 0.314 e. The second-order valence-corrected chi connectivity index (χ2v) is 4.54. The maximum absolute atomic E-state index is 10.4. The van der Waals surface area contributed by atoms with E-state index in [1.807, 2.05) is 0 Å². The summed E-state index contributed by atoms with van der Waals surface area (Å²) in [6, 6.07) is 0. The summed E-state index contributed by atoms with van der Waals surface area (Å²) >= 11 is 0. The highest BCUT2D eigenvalue weighted by Gasteiger charge is 2.35. The molecule has 0 atom stereocenters. The first-order chi connectivity index (χ1) is 8.31. The maximum atomic E-state index is 10.4. The molecule has 0 unspecified atom stereocenters. The van der Waals surface area contributed by atoms with E-state index in [9.17, 15) is 4.79 Å². The molecule has 6 N–H and O–H groups in total. The van der Waals surface area contributed by atoms with E-state index in [4.69, 9.17) is 30.6 Å². The van der Waals surface area contributed by atoms with Crippen molar-refractivity contribution in [3.8, 4) is 0 Å². The van der Waals surface area contributed by atoms with E-state index in [2.05, 4.69) is 0 Å². The molecule has 0 aromatic heterocycles. The zero-order chi connectivity index (χ0) is 14.8. The standard InChI is InChI=1S/C6H12O4.C5H12O3/c1-2-6(3-7,4-8)5(9)10;1-5(2-6,3-7)4-8/h7-8H,2-4H2,1H3,(H,9,10);6-8H,2-4H2,1H3. The smallest absolute Gasteiger partial charge is 0.314 e. The van der Waals surface area contributed by atoms with Gasteiger partial charge in [0.1, 0.15) is 5.41 Å². The van der Waals surface area contributed by atoms with Crippen LogP contribution in [0, 0.1) is 10.8 Å². The average Bonchev–Trinajstić information content (AvgIpc) is 2.41. The molecule has 0 amide bonds. The van der Waals surface area contributed by atoms with E-state index in [0.29, 0.717) is 0 Å². The lowest BCUT2D eigenvalue weighted by Crippen LogP contribution is -2.37. The summed E-state index contributed by atoms with van der Waals surface area (Å²) in [5, 5.41) is 51.1. The van der Waals surface area contributed by atoms with Crippen LogP contribution in [0.5, 0.6) is 0 Å². The van der Waals surface area contributed by atoms with E-state index in [1.165, 1.54) is 0 Å². The highest BCUT2D eigenvalue weighted by Crippen LogP contribution is 2.19. The van der Waals surface area contributed by atoms with Gasteiger partial charge in [-0.15, -0.1) is 0 Å². The largest absolute Gasteiger partial charge is 0.481 e. The molecule has 110 valence electrons. The van der Waals surface area contributed by atoms with Crippen molar-refractivity contribution in [3.05, 3.63) is 0 Å². The van der Waals surface area contributed by atoms with Crippen molar-refractivity contribution in [3.63, 3.8) is 0 Å². The summed E-state index contributed by atoms with van der Waals surface area (Å²) < 4.78 is 0. The number of rotatable bonds is 7. The second-order valence-electron chi connectivity index (χ2n) is 4.54. The van der Waals surface area contributed by atoms with Gasteiger partial charge >= 0.3 is 5.97 Å². The van der Waals surface area contributed by atoms with E-state index in [-0.39, 0.29) is 26.2 Å². The fraction of sp³-hybridized carbons (Fsp3) is 0.909. The zero-order valence-electron chi connectivity index (χ0n) is 10.8. The predicted octanol–water partition coefficient (Wildman–Crippen LogP) is -1.58. The summed E-state index contributed by atoms with van der Waals surface area (Å²) in [5.41, 5.74) is -2.06. The molecule has 0 aliphatic carbocycles. The number of carboxylic acids is 1. The van der Waals surface area contributed by atoms with Crippen LogP contribution < -0.4 is 0 Å². The van der Waals surface area contributed by atoms with Gasteiger partial charge in [0, 0.05) is 5.41 Å². The SMILES string of the molecule is CC(CO)(CO)CO.CCC(CO)(CO)C(=O)O. The Labute approximate surface area is 106 Å². The predicted molar refractivity (Wildman–Crippen MR) is 63.9 cm³/mol. The fourth-order valence-corrected chi connectivity index (χ4v) is 0.710. The van der Waals surface area contributed by atoms with Crippen LogP contribution in [0.3, 0.4) is 0 Å². The molecule has 0 aromatic carbocycles. The lowest BCUT2D eigenvalue weighted by atomic mass is 9.87. The van der Waals surface area contributed by atoms with Crippen molar-refractivity contribution in [2.45, 2.75) is 20.3 Å². The Morgan fingerprint density at radius 3 is 1.22 bits per heavy atom. The number of hydrogen-bond acceptors (Lipinski definition) is 6. The highest BCUT2D eigenvalue weighted by molar-refractivity contribution is 5.74. The van der Waals surface area contributed by atoms with Gasteiger partial charge < -0.3 is 30.6 Å². The summed E-state index contributed by atoms with van der Waals surface area (Å²) in [6.07, 6.45) is 0.231. The van der Waals surface area contributed by atoms with E-state index < -0.39 is 30.0 Å². The molecule has 0 bridgehead atoms. The van der Waals surface area contributed by atoms with Crippen LogP contribution in [0.2, 0.25) is 0 Å². The topological polar surface area (TPSA) is 138 Å².